The Morgan fingerprint density at radius 3 is 2.52 bits per heavy atom. The minimum absolute atomic E-state index is 0.207. The van der Waals surface area contributed by atoms with Crippen LogP contribution in [0.15, 0.2) is 48.5 Å². The molecule has 4 rings (SSSR count). The van der Waals surface area contributed by atoms with Crippen LogP contribution in [0.25, 0.3) is 10.9 Å². The van der Waals surface area contributed by atoms with Crippen LogP contribution in [0.1, 0.15) is 39.3 Å². The quantitative estimate of drug-likeness (QED) is 0.313. The van der Waals surface area contributed by atoms with E-state index < -0.39 is 11.4 Å². The minimum Gasteiger partial charge on any atom is -0.497 e. The van der Waals surface area contributed by atoms with Gasteiger partial charge in [-0.25, -0.2) is 5.48 Å². The molecule has 0 saturated heterocycles. The number of hydroxylamine groups is 1. The summed E-state index contributed by atoms with van der Waals surface area (Å²) in [6.45, 7) is 0. The number of carbonyl (C=O) groups is 2. The second kappa shape index (κ2) is 7.34. The summed E-state index contributed by atoms with van der Waals surface area (Å²) in [5.41, 5.74) is 3.44. The van der Waals surface area contributed by atoms with Crippen molar-refractivity contribution in [2.75, 3.05) is 7.11 Å². The zero-order valence-corrected chi connectivity index (χ0v) is 15.7. The number of hydrogen-bond donors (Lipinski definition) is 4. The highest BCUT2D eigenvalue weighted by molar-refractivity contribution is 5.99. The lowest BCUT2D eigenvalue weighted by atomic mass is 10.1. The van der Waals surface area contributed by atoms with E-state index in [1.54, 1.807) is 42.9 Å². The molecule has 1 fully saturated rings. The number of ether oxygens (including phenoxy) is 1. The molecular formula is C22H19N3O4. The first kappa shape index (κ1) is 18.6. The first-order chi connectivity index (χ1) is 14.0. The van der Waals surface area contributed by atoms with E-state index in [0.717, 1.165) is 35.1 Å². The fraction of sp³-hybridized carbons (Fsp3) is 0.182. The van der Waals surface area contributed by atoms with Gasteiger partial charge in [0.25, 0.3) is 11.8 Å². The van der Waals surface area contributed by atoms with Crippen molar-refractivity contribution in [2.24, 2.45) is 0 Å². The Balaban J connectivity index is 1.47. The summed E-state index contributed by atoms with van der Waals surface area (Å²) in [6, 6.07) is 13.9. The Morgan fingerprint density at radius 2 is 1.86 bits per heavy atom. The number of aromatic nitrogens is 1. The average Bonchev–Trinajstić information content (AvgIpc) is 3.38. The van der Waals surface area contributed by atoms with Gasteiger partial charge in [-0.3, -0.25) is 14.8 Å². The fourth-order valence-corrected chi connectivity index (χ4v) is 3.01. The molecule has 7 heteroatoms. The van der Waals surface area contributed by atoms with Crippen LogP contribution in [0.3, 0.4) is 0 Å². The number of amides is 2. The molecule has 2 amide bonds. The topological polar surface area (TPSA) is 103 Å². The Bertz CT molecular complexity index is 1150. The predicted octanol–water partition coefficient (Wildman–Crippen LogP) is 2.61. The highest BCUT2D eigenvalue weighted by Gasteiger charge is 2.43. The summed E-state index contributed by atoms with van der Waals surface area (Å²) in [5, 5.41) is 12.6. The molecule has 1 heterocycles. The van der Waals surface area contributed by atoms with Crippen LogP contribution in [-0.2, 0) is 0 Å². The zero-order valence-electron chi connectivity index (χ0n) is 15.7. The number of carbonyl (C=O) groups excluding carboxylic acids is 2. The smallest absolute Gasteiger partial charge is 0.274 e. The highest BCUT2D eigenvalue weighted by Crippen LogP contribution is 2.35. The molecule has 0 spiro atoms. The van der Waals surface area contributed by atoms with Gasteiger partial charge in [0, 0.05) is 22.0 Å². The van der Waals surface area contributed by atoms with Crippen LogP contribution in [0.4, 0.5) is 0 Å². The Hall–Kier alpha value is -3.76. The fourth-order valence-electron chi connectivity index (χ4n) is 3.01. The van der Waals surface area contributed by atoms with E-state index in [1.807, 2.05) is 18.2 Å². The van der Waals surface area contributed by atoms with E-state index in [9.17, 15) is 9.59 Å². The van der Waals surface area contributed by atoms with Gasteiger partial charge in [-0.15, -0.1) is 0 Å². The number of rotatable bonds is 4. The van der Waals surface area contributed by atoms with Crippen LogP contribution in [0, 0.1) is 11.8 Å². The van der Waals surface area contributed by atoms with Gasteiger partial charge in [0.15, 0.2) is 0 Å². The van der Waals surface area contributed by atoms with Gasteiger partial charge in [0.2, 0.25) is 0 Å². The van der Waals surface area contributed by atoms with Crippen molar-refractivity contribution in [3.8, 4) is 17.6 Å². The van der Waals surface area contributed by atoms with Gasteiger partial charge in [0.1, 0.15) is 17.0 Å². The molecule has 146 valence electrons. The molecule has 2 aromatic carbocycles. The van der Waals surface area contributed by atoms with Crippen molar-refractivity contribution < 1.29 is 19.5 Å². The molecule has 4 N–H and O–H groups in total. The first-order valence-corrected chi connectivity index (χ1v) is 9.09. The highest BCUT2D eigenvalue weighted by atomic mass is 16.5. The largest absolute Gasteiger partial charge is 0.497 e. The summed E-state index contributed by atoms with van der Waals surface area (Å²) in [7, 11) is 1.60. The molecule has 1 aliphatic rings. The summed E-state index contributed by atoms with van der Waals surface area (Å²) < 4.78 is 5.22. The molecule has 1 aromatic heterocycles. The molecule has 1 aliphatic carbocycles. The van der Waals surface area contributed by atoms with Gasteiger partial charge in [-0.2, -0.15) is 0 Å². The SMILES string of the molecule is COc1ccc2[nH]c(C(=O)NC3(C#Cc4ccc(C(=O)NO)cc4)CC3)cc2c1. The van der Waals surface area contributed by atoms with Crippen LogP contribution < -0.4 is 15.5 Å². The number of methoxy groups -OCH3 is 1. The summed E-state index contributed by atoms with van der Waals surface area (Å²) >= 11 is 0. The summed E-state index contributed by atoms with van der Waals surface area (Å²) in [6.07, 6.45) is 1.57. The maximum absolute atomic E-state index is 12.7. The van der Waals surface area contributed by atoms with Crippen molar-refractivity contribution in [2.45, 2.75) is 18.4 Å². The number of hydrogen-bond acceptors (Lipinski definition) is 4. The monoisotopic (exact) mass is 389 g/mol. The third-order valence-corrected chi connectivity index (χ3v) is 4.87. The maximum Gasteiger partial charge on any atom is 0.274 e. The standard InChI is InChI=1S/C22H19N3O4/c1-29-17-6-7-18-16(12-17)13-19(23-18)21(27)24-22(10-11-22)9-8-14-2-4-15(5-3-14)20(26)25-28/h2-7,12-13,23,28H,10-11H2,1H3,(H,24,27)(H,25,26). The molecule has 0 atom stereocenters. The van der Waals surface area contributed by atoms with Crippen molar-refractivity contribution in [3.63, 3.8) is 0 Å². The second-order valence-electron chi connectivity index (χ2n) is 6.94. The van der Waals surface area contributed by atoms with E-state index in [0.29, 0.717) is 11.3 Å². The number of nitrogens with one attached hydrogen (secondary N) is 3. The van der Waals surface area contributed by atoms with E-state index >= 15 is 0 Å². The van der Waals surface area contributed by atoms with Gasteiger partial charge >= 0.3 is 0 Å². The van der Waals surface area contributed by atoms with Gasteiger partial charge in [-0.05, 0) is 61.4 Å². The molecule has 7 nitrogen and oxygen atoms in total. The normalized spacial score (nSPS) is 13.9. The minimum atomic E-state index is -0.577. The summed E-state index contributed by atoms with van der Waals surface area (Å²) in [4.78, 5) is 27.2. The third kappa shape index (κ3) is 3.93. The summed E-state index contributed by atoms with van der Waals surface area (Å²) in [5.74, 6) is 6.13. The van der Waals surface area contributed by atoms with Crippen LogP contribution in [0.2, 0.25) is 0 Å². The Morgan fingerprint density at radius 1 is 1.10 bits per heavy atom. The van der Waals surface area contributed by atoms with E-state index in [4.69, 9.17) is 9.94 Å². The zero-order chi connectivity index (χ0) is 20.4. The molecule has 3 aromatic rings. The lowest BCUT2D eigenvalue weighted by Crippen LogP contribution is -2.35. The molecule has 29 heavy (non-hydrogen) atoms. The molecule has 0 aliphatic heterocycles. The number of H-pyrrole nitrogens is 1. The molecule has 0 bridgehead atoms. The third-order valence-electron chi connectivity index (χ3n) is 4.87. The second-order valence-corrected chi connectivity index (χ2v) is 6.94. The van der Waals surface area contributed by atoms with Crippen molar-refractivity contribution in [1.29, 1.82) is 0 Å². The Kier molecular flexibility index (Phi) is 4.71. The molecule has 1 saturated carbocycles. The molecular weight excluding hydrogens is 370 g/mol. The van der Waals surface area contributed by atoms with Crippen LogP contribution in [0.5, 0.6) is 5.75 Å². The van der Waals surface area contributed by atoms with Crippen molar-refractivity contribution in [1.82, 2.24) is 15.8 Å². The van der Waals surface area contributed by atoms with Crippen molar-refractivity contribution in [3.05, 3.63) is 65.4 Å². The number of fused-ring (bicyclic) bond motifs is 1. The molecule has 0 unspecified atom stereocenters. The van der Waals surface area contributed by atoms with E-state index in [1.165, 1.54) is 0 Å². The van der Waals surface area contributed by atoms with Crippen molar-refractivity contribution >= 4 is 22.7 Å². The average molecular weight is 389 g/mol. The molecule has 0 radical (unpaired) electrons. The maximum atomic E-state index is 12.7. The predicted molar refractivity (Wildman–Crippen MR) is 107 cm³/mol. The van der Waals surface area contributed by atoms with Crippen LogP contribution >= 0.6 is 0 Å². The van der Waals surface area contributed by atoms with Gasteiger partial charge in [0.05, 0.1) is 7.11 Å². The van der Waals surface area contributed by atoms with E-state index in [2.05, 4.69) is 22.1 Å². The van der Waals surface area contributed by atoms with Gasteiger partial charge < -0.3 is 15.0 Å². The van der Waals surface area contributed by atoms with Gasteiger partial charge in [-0.1, -0.05) is 11.8 Å². The first-order valence-electron chi connectivity index (χ1n) is 9.09. The number of aromatic amines is 1. The lowest BCUT2D eigenvalue weighted by molar-refractivity contribution is 0.0706. The number of benzene rings is 2. The van der Waals surface area contributed by atoms with E-state index in [-0.39, 0.29) is 5.91 Å². The van der Waals surface area contributed by atoms with Crippen LogP contribution in [-0.4, -0.2) is 34.7 Å². The Labute approximate surface area is 167 Å². The lowest BCUT2D eigenvalue weighted by Gasteiger charge is -2.09.